The summed E-state index contributed by atoms with van der Waals surface area (Å²) in [5.74, 6) is -0.279. The van der Waals surface area contributed by atoms with Gasteiger partial charge in [0.1, 0.15) is 0 Å². The Hall–Kier alpha value is -2.75. The lowest BCUT2D eigenvalue weighted by Crippen LogP contribution is -2.19. The van der Waals surface area contributed by atoms with Crippen LogP contribution < -0.4 is 5.32 Å². The largest absolute Gasteiger partial charge is 0.462 e. The minimum absolute atomic E-state index is 0.169. The highest BCUT2D eigenvalue weighted by atomic mass is 16.5. The SMILES string of the molecule is CCOC(=O)c1ccccc1N[C@H]1CCCc2c1[nH]c1ccc(C)cc21. The van der Waals surface area contributed by atoms with E-state index in [2.05, 4.69) is 35.4 Å². The summed E-state index contributed by atoms with van der Waals surface area (Å²) in [6.45, 7) is 4.34. The molecule has 2 N–H and O–H groups in total. The van der Waals surface area contributed by atoms with E-state index in [4.69, 9.17) is 4.74 Å². The van der Waals surface area contributed by atoms with Crippen molar-refractivity contribution in [2.75, 3.05) is 11.9 Å². The summed E-state index contributed by atoms with van der Waals surface area (Å²) < 4.78 is 5.20. The molecule has 26 heavy (non-hydrogen) atoms. The third kappa shape index (κ3) is 2.96. The highest BCUT2D eigenvalue weighted by Crippen LogP contribution is 2.37. The average Bonchev–Trinajstić information content (AvgIpc) is 3.01. The van der Waals surface area contributed by atoms with E-state index in [0.717, 1.165) is 24.9 Å². The van der Waals surface area contributed by atoms with Crippen LogP contribution in [0.15, 0.2) is 42.5 Å². The molecule has 0 amide bonds. The number of aromatic amines is 1. The van der Waals surface area contributed by atoms with E-state index in [0.29, 0.717) is 12.2 Å². The predicted molar refractivity (Wildman–Crippen MR) is 105 cm³/mol. The number of anilines is 1. The first kappa shape index (κ1) is 16.7. The van der Waals surface area contributed by atoms with Gasteiger partial charge in [-0.25, -0.2) is 4.79 Å². The second kappa shape index (κ2) is 6.87. The Kier molecular flexibility index (Phi) is 4.41. The lowest BCUT2D eigenvalue weighted by atomic mass is 9.91. The van der Waals surface area contributed by atoms with Crippen molar-refractivity contribution in [3.8, 4) is 0 Å². The molecular formula is C22H24N2O2. The van der Waals surface area contributed by atoms with Crippen LogP contribution in [0, 0.1) is 6.92 Å². The zero-order valence-electron chi connectivity index (χ0n) is 15.3. The van der Waals surface area contributed by atoms with Gasteiger partial charge < -0.3 is 15.0 Å². The molecule has 0 aliphatic heterocycles. The molecule has 1 aliphatic rings. The topological polar surface area (TPSA) is 54.1 Å². The van der Waals surface area contributed by atoms with E-state index in [1.54, 1.807) is 0 Å². The minimum atomic E-state index is -0.279. The molecule has 1 aliphatic carbocycles. The maximum atomic E-state index is 12.3. The van der Waals surface area contributed by atoms with Crippen LogP contribution in [0.1, 0.15) is 53.0 Å². The van der Waals surface area contributed by atoms with Crippen molar-refractivity contribution in [1.82, 2.24) is 4.98 Å². The summed E-state index contributed by atoms with van der Waals surface area (Å²) in [6.07, 6.45) is 3.26. The number of carbonyl (C=O) groups is 1. The molecular weight excluding hydrogens is 324 g/mol. The molecule has 0 saturated heterocycles. The van der Waals surface area contributed by atoms with Gasteiger partial charge >= 0.3 is 5.97 Å². The molecule has 4 rings (SSSR count). The molecule has 1 heterocycles. The van der Waals surface area contributed by atoms with Crippen molar-refractivity contribution >= 4 is 22.6 Å². The second-order valence-electron chi connectivity index (χ2n) is 6.92. The number of benzene rings is 2. The van der Waals surface area contributed by atoms with Gasteiger partial charge in [0.15, 0.2) is 0 Å². The molecule has 4 nitrogen and oxygen atoms in total. The third-order valence-corrected chi connectivity index (χ3v) is 5.11. The fraction of sp³-hybridized carbons (Fsp3) is 0.318. The number of aryl methyl sites for hydroxylation is 2. The molecule has 0 saturated carbocycles. The van der Waals surface area contributed by atoms with Crippen LogP contribution in [0.2, 0.25) is 0 Å². The van der Waals surface area contributed by atoms with Crippen LogP contribution in [0.4, 0.5) is 5.69 Å². The van der Waals surface area contributed by atoms with Crippen molar-refractivity contribution in [2.45, 2.75) is 39.2 Å². The zero-order valence-corrected chi connectivity index (χ0v) is 15.3. The van der Waals surface area contributed by atoms with Gasteiger partial charge in [0.25, 0.3) is 0 Å². The maximum Gasteiger partial charge on any atom is 0.340 e. The number of hydrogen-bond donors (Lipinski definition) is 2. The van der Waals surface area contributed by atoms with Gasteiger partial charge in [-0.1, -0.05) is 23.8 Å². The van der Waals surface area contributed by atoms with E-state index < -0.39 is 0 Å². The number of hydrogen-bond acceptors (Lipinski definition) is 3. The molecule has 1 aromatic heterocycles. The van der Waals surface area contributed by atoms with Gasteiger partial charge in [-0.3, -0.25) is 0 Å². The van der Waals surface area contributed by atoms with Crippen molar-refractivity contribution < 1.29 is 9.53 Å². The molecule has 0 spiro atoms. The average molecular weight is 348 g/mol. The zero-order chi connectivity index (χ0) is 18.1. The number of esters is 1. The number of ether oxygens (including phenoxy) is 1. The number of aromatic nitrogens is 1. The first-order valence-electron chi connectivity index (χ1n) is 9.31. The van der Waals surface area contributed by atoms with Crippen LogP contribution in [-0.2, 0) is 11.2 Å². The van der Waals surface area contributed by atoms with Gasteiger partial charge in [0, 0.05) is 22.3 Å². The third-order valence-electron chi connectivity index (χ3n) is 5.11. The maximum absolute atomic E-state index is 12.3. The van der Waals surface area contributed by atoms with Gasteiger partial charge in [0.2, 0.25) is 0 Å². The Bertz CT molecular complexity index is 958. The number of H-pyrrole nitrogens is 1. The summed E-state index contributed by atoms with van der Waals surface area (Å²) in [6, 6.07) is 14.3. The number of para-hydroxylation sites is 1. The number of rotatable bonds is 4. The first-order valence-corrected chi connectivity index (χ1v) is 9.31. The number of fused-ring (bicyclic) bond motifs is 3. The molecule has 0 unspecified atom stereocenters. The Labute approximate surface area is 153 Å². The predicted octanol–water partition coefficient (Wildman–Crippen LogP) is 5.14. The van der Waals surface area contributed by atoms with Crippen molar-refractivity contribution in [2.24, 2.45) is 0 Å². The van der Waals surface area contributed by atoms with E-state index >= 15 is 0 Å². The Morgan fingerprint density at radius 1 is 1.27 bits per heavy atom. The second-order valence-corrected chi connectivity index (χ2v) is 6.92. The fourth-order valence-electron chi connectivity index (χ4n) is 3.90. The Balaban J connectivity index is 1.70. The van der Waals surface area contributed by atoms with Gasteiger partial charge in [-0.2, -0.15) is 0 Å². The molecule has 1 atom stereocenters. The van der Waals surface area contributed by atoms with E-state index in [-0.39, 0.29) is 12.0 Å². The highest BCUT2D eigenvalue weighted by molar-refractivity contribution is 5.95. The number of nitrogens with one attached hydrogen (secondary N) is 2. The van der Waals surface area contributed by atoms with Gasteiger partial charge in [-0.05, 0) is 62.9 Å². The van der Waals surface area contributed by atoms with E-state index in [9.17, 15) is 4.79 Å². The van der Waals surface area contributed by atoms with Crippen molar-refractivity contribution in [3.63, 3.8) is 0 Å². The summed E-state index contributed by atoms with van der Waals surface area (Å²) in [5, 5.41) is 4.91. The quantitative estimate of drug-likeness (QED) is 0.642. The monoisotopic (exact) mass is 348 g/mol. The smallest absolute Gasteiger partial charge is 0.340 e. The van der Waals surface area contributed by atoms with Crippen LogP contribution in [-0.4, -0.2) is 17.6 Å². The summed E-state index contributed by atoms with van der Waals surface area (Å²) >= 11 is 0. The molecule has 2 aromatic carbocycles. The van der Waals surface area contributed by atoms with E-state index in [1.165, 1.54) is 27.7 Å². The van der Waals surface area contributed by atoms with E-state index in [1.807, 2.05) is 31.2 Å². The lowest BCUT2D eigenvalue weighted by Gasteiger charge is -2.25. The molecule has 4 heteroatoms. The van der Waals surface area contributed by atoms with Crippen LogP contribution in [0.25, 0.3) is 10.9 Å². The highest BCUT2D eigenvalue weighted by Gasteiger charge is 2.25. The molecule has 3 aromatic rings. The minimum Gasteiger partial charge on any atom is -0.462 e. The van der Waals surface area contributed by atoms with Crippen LogP contribution >= 0.6 is 0 Å². The van der Waals surface area contributed by atoms with Gasteiger partial charge in [-0.15, -0.1) is 0 Å². The lowest BCUT2D eigenvalue weighted by molar-refractivity contribution is 0.0527. The van der Waals surface area contributed by atoms with Crippen LogP contribution in [0.5, 0.6) is 0 Å². The molecule has 134 valence electrons. The Morgan fingerprint density at radius 3 is 2.96 bits per heavy atom. The molecule has 0 radical (unpaired) electrons. The van der Waals surface area contributed by atoms with Crippen molar-refractivity contribution in [1.29, 1.82) is 0 Å². The molecule has 0 fully saturated rings. The Morgan fingerprint density at radius 2 is 2.12 bits per heavy atom. The van der Waals surface area contributed by atoms with Crippen molar-refractivity contribution in [3.05, 3.63) is 64.8 Å². The molecule has 0 bridgehead atoms. The fourth-order valence-corrected chi connectivity index (χ4v) is 3.90. The first-order chi connectivity index (χ1) is 12.7. The normalized spacial score (nSPS) is 16.3. The summed E-state index contributed by atoms with van der Waals surface area (Å²) in [5.41, 5.74) is 6.54. The summed E-state index contributed by atoms with van der Waals surface area (Å²) in [7, 11) is 0. The van der Waals surface area contributed by atoms with Crippen LogP contribution in [0.3, 0.4) is 0 Å². The summed E-state index contributed by atoms with van der Waals surface area (Å²) in [4.78, 5) is 15.9. The van der Waals surface area contributed by atoms with Gasteiger partial charge in [0.05, 0.1) is 18.2 Å². The standard InChI is InChI=1S/C22H24N2O2/c1-3-26-22(25)16-7-4-5-9-18(16)23-20-10-6-8-15-17-13-14(2)11-12-19(17)24-21(15)20/h4-5,7,9,11-13,20,23-24H,3,6,8,10H2,1-2H3/t20-/m0/s1. The number of carbonyl (C=O) groups excluding carboxylic acids is 1.